The minimum atomic E-state index is -0.400. The van der Waals surface area contributed by atoms with E-state index in [1.54, 1.807) is 73.1 Å². The largest absolute Gasteiger partial charge is 0.490 e. The third-order valence-corrected chi connectivity index (χ3v) is 7.50. The molecule has 1 fully saturated rings. The highest BCUT2D eigenvalue weighted by Crippen LogP contribution is 2.33. The lowest BCUT2D eigenvalue weighted by atomic mass is 10.1. The summed E-state index contributed by atoms with van der Waals surface area (Å²) in [6, 6.07) is 17.9. The van der Waals surface area contributed by atoms with Crippen LogP contribution in [0.1, 0.15) is 12.5 Å². The summed E-state index contributed by atoms with van der Waals surface area (Å²) >= 11 is 7.07. The van der Waals surface area contributed by atoms with Gasteiger partial charge in [0.2, 0.25) is 5.43 Å². The quantitative estimate of drug-likeness (QED) is 0.213. The number of carbonyl (C=O) groups is 2. The molecule has 2 amide bonds. The molecule has 0 aliphatic carbocycles. The summed E-state index contributed by atoms with van der Waals surface area (Å²) in [4.78, 5) is 37.2. The number of amides is 2. The van der Waals surface area contributed by atoms with Crippen molar-refractivity contribution in [3.05, 3.63) is 98.3 Å². The molecule has 1 N–H and O–H groups in total. The summed E-state index contributed by atoms with van der Waals surface area (Å²) in [6.07, 6.45) is 0. The summed E-state index contributed by atoms with van der Waals surface area (Å²) in [7, 11) is 1.79. The van der Waals surface area contributed by atoms with Crippen LogP contribution in [0.4, 0.5) is 9.18 Å². The van der Waals surface area contributed by atoms with E-state index in [2.05, 4.69) is 5.32 Å². The number of fused-ring (bicyclic) bond motifs is 1. The van der Waals surface area contributed by atoms with E-state index in [0.29, 0.717) is 43.4 Å². The molecular weight excluding hydrogens is 543 g/mol. The zero-order valence-corrected chi connectivity index (χ0v) is 22.5. The van der Waals surface area contributed by atoms with E-state index in [1.807, 2.05) is 0 Å². The zero-order valence-electron chi connectivity index (χ0n) is 20.9. The molecule has 3 aromatic carbocycles. The fourth-order valence-electron chi connectivity index (χ4n) is 4.34. The average Bonchev–Trinajstić information content (AvgIpc) is 3.27. The molecule has 10 heteroatoms. The first kappa shape index (κ1) is 26.5. The molecule has 0 spiro atoms. The molecule has 1 aromatic heterocycles. The smallest absolute Gasteiger partial charge is 0.290 e. The molecule has 0 bridgehead atoms. The summed E-state index contributed by atoms with van der Waals surface area (Å²) in [5.74, 6) is -0.0934. The third kappa shape index (κ3) is 5.41. The predicted octanol–water partition coefficient (Wildman–Crippen LogP) is 6.17. The van der Waals surface area contributed by atoms with Crippen molar-refractivity contribution in [3.63, 3.8) is 0 Å². The lowest BCUT2D eigenvalue weighted by Crippen LogP contribution is -2.18. The van der Waals surface area contributed by atoms with Gasteiger partial charge in [-0.1, -0.05) is 23.7 Å². The second-order valence-corrected chi connectivity index (χ2v) is 10.2. The number of benzene rings is 3. The Morgan fingerprint density at radius 1 is 0.974 bits per heavy atom. The van der Waals surface area contributed by atoms with Crippen LogP contribution < -0.4 is 20.2 Å². The van der Waals surface area contributed by atoms with E-state index in [0.717, 1.165) is 17.3 Å². The van der Waals surface area contributed by atoms with Crippen LogP contribution in [-0.4, -0.2) is 28.9 Å². The van der Waals surface area contributed by atoms with Crippen LogP contribution in [0, 0.1) is 5.82 Å². The summed E-state index contributed by atoms with van der Waals surface area (Å²) < 4.78 is 27.2. The summed E-state index contributed by atoms with van der Waals surface area (Å²) in [5, 5.41) is 2.80. The van der Waals surface area contributed by atoms with Gasteiger partial charge in [0.05, 0.1) is 16.1 Å². The van der Waals surface area contributed by atoms with Gasteiger partial charge in [-0.05, 0) is 84.4 Å². The standard InChI is InChI=1S/C29H22ClFN2O5S/c1-16(27-28(35)32-29(36)39-27)17-5-10-21(11-6-17)37-13-14-38-26-24(18-3-8-20(31)9-4-18)33(2)23-15-19(30)7-12-22(23)25(26)34/h3-12,15H,13-14H2,1-2H3,(H,32,35,36)/b27-16-. The highest BCUT2D eigenvalue weighted by Gasteiger charge is 2.27. The maximum absolute atomic E-state index is 13.6. The SMILES string of the molecule is C/C(=C1/SC(=O)NC1=O)c1ccc(OCCOc2c(-c3ccc(F)cc3)n(C)c3cc(Cl)ccc3c2=O)cc1. The van der Waals surface area contributed by atoms with E-state index < -0.39 is 5.91 Å². The molecule has 0 saturated carbocycles. The molecule has 1 saturated heterocycles. The van der Waals surface area contributed by atoms with E-state index in [-0.39, 0.29) is 35.4 Å². The first-order valence-corrected chi connectivity index (χ1v) is 13.1. The summed E-state index contributed by atoms with van der Waals surface area (Å²) in [5.41, 5.74) is 2.91. The highest BCUT2D eigenvalue weighted by atomic mass is 35.5. The van der Waals surface area contributed by atoms with Crippen molar-refractivity contribution < 1.29 is 23.5 Å². The van der Waals surface area contributed by atoms with Crippen molar-refractivity contribution in [1.29, 1.82) is 0 Å². The molecule has 4 aromatic rings. The van der Waals surface area contributed by atoms with Crippen LogP contribution in [-0.2, 0) is 11.8 Å². The van der Waals surface area contributed by atoms with E-state index in [4.69, 9.17) is 21.1 Å². The van der Waals surface area contributed by atoms with Crippen molar-refractivity contribution in [3.8, 4) is 22.8 Å². The average molecular weight is 565 g/mol. The fourth-order valence-corrected chi connectivity index (χ4v) is 5.25. The molecule has 1 aliphatic rings. The number of imide groups is 1. The van der Waals surface area contributed by atoms with E-state index >= 15 is 0 Å². The highest BCUT2D eigenvalue weighted by molar-refractivity contribution is 8.18. The van der Waals surface area contributed by atoms with Crippen LogP contribution >= 0.6 is 23.4 Å². The van der Waals surface area contributed by atoms with Crippen molar-refractivity contribution >= 4 is 51.0 Å². The third-order valence-electron chi connectivity index (χ3n) is 6.28. The Morgan fingerprint density at radius 3 is 2.33 bits per heavy atom. The van der Waals surface area contributed by atoms with Gasteiger partial charge in [-0.3, -0.25) is 19.7 Å². The number of nitrogens with zero attached hydrogens (tertiary/aromatic N) is 1. The molecule has 5 rings (SSSR count). The number of halogens is 2. The monoisotopic (exact) mass is 564 g/mol. The normalized spacial score (nSPS) is 14.5. The molecule has 1 aliphatic heterocycles. The van der Waals surface area contributed by atoms with Crippen molar-refractivity contribution in [1.82, 2.24) is 9.88 Å². The molecule has 0 atom stereocenters. The molecule has 7 nitrogen and oxygen atoms in total. The molecule has 39 heavy (non-hydrogen) atoms. The van der Waals surface area contributed by atoms with Crippen LogP contribution in [0.3, 0.4) is 0 Å². The van der Waals surface area contributed by atoms with Gasteiger partial charge in [-0.15, -0.1) is 0 Å². The second kappa shape index (κ2) is 11.0. The number of nitrogens with one attached hydrogen (secondary N) is 1. The van der Waals surface area contributed by atoms with Gasteiger partial charge in [0.1, 0.15) is 24.8 Å². The number of rotatable bonds is 7. The first-order chi connectivity index (χ1) is 18.7. The Bertz CT molecular complexity index is 1700. The topological polar surface area (TPSA) is 86.6 Å². The predicted molar refractivity (Wildman–Crippen MR) is 151 cm³/mol. The van der Waals surface area contributed by atoms with E-state index in [1.165, 1.54) is 12.1 Å². The number of thioether (sulfide) groups is 1. The van der Waals surface area contributed by atoms with Gasteiger partial charge >= 0.3 is 0 Å². The van der Waals surface area contributed by atoms with Crippen LogP contribution in [0.15, 0.2) is 76.4 Å². The van der Waals surface area contributed by atoms with Crippen LogP contribution in [0.5, 0.6) is 11.5 Å². The lowest BCUT2D eigenvalue weighted by molar-refractivity contribution is -0.115. The first-order valence-electron chi connectivity index (χ1n) is 11.9. The Morgan fingerprint density at radius 2 is 1.67 bits per heavy atom. The van der Waals surface area contributed by atoms with E-state index in [9.17, 15) is 18.8 Å². The number of ether oxygens (including phenoxy) is 2. The number of carbonyl (C=O) groups excluding carboxylic acids is 2. The van der Waals surface area contributed by atoms with Crippen molar-refractivity contribution in [2.75, 3.05) is 13.2 Å². The van der Waals surface area contributed by atoms with Gasteiger partial charge in [0.15, 0.2) is 5.75 Å². The van der Waals surface area contributed by atoms with Gasteiger partial charge < -0.3 is 14.0 Å². The molecule has 198 valence electrons. The Balaban J connectivity index is 1.35. The molecular formula is C29H22ClFN2O5S. The van der Waals surface area contributed by atoms with Crippen molar-refractivity contribution in [2.45, 2.75) is 6.92 Å². The number of allylic oxidation sites excluding steroid dienone is 1. The number of pyridine rings is 1. The Kier molecular flexibility index (Phi) is 7.45. The number of hydrogen-bond acceptors (Lipinski definition) is 6. The van der Waals surface area contributed by atoms with Crippen LogP contribution in [0.25, 0.3) is 27.7 Å². The second-order valence-electron chi connectivity index (χ2n) is 8.75. The minimum Gasteiger partial charge on any atom is -0.490 e. The van der Waals surface area contributed by atoms with Gasteiger partial charge in [-0.25, -0.2) is 4.39 Å². The Hall–Kier alpha value is -4.08. The number of aryl methyl sites for hydroxylation is 1. The van der Waals surface area contributed by atoms with Gasteiger partial charge in [-0.2, -0.15) is 0 Å². The maximum atomic E-state index is 13.6. The number of hydrogen-bond donors (Lipinski definition) is 1. The van der Waals surface area contributed by atoms with Crippen molar-refractivity contribution in [2.24, 2.45) is 7.05 Å². The molecule has 0 unspecified atom stereocenters. The van der Waals surface area contributed by atoms with Gasteiger partial charge in [0, 0.05) is 23.0 Å². The van der Waals surface area contributed by atoms with Gasteiger partial charge in [0.25, 0.3) is 11.1 Å². The molecule has 2 heterocycles. The van der Waals surface area contributed by atoms with Crippen LogP contribution in [0.2, 0.25) is 5.02 Å². The minimum absolute atomic E-state index is 0.0757. The molecule has 0 radical (unpaired) electrons. The maximum Gasteiger partial charge on any atom is 0.290 e. The number of aromatic nitrogens is 1. The lowest BCUT2D eigenvalue weighted by Gasteiger charge is -2.18. The zero-order chi connectivity index (χ0) is 27.7. The Labute approximate surface area is 232 Å². The fraction of sp³-hybridized carbons (Fsp3) is 0.138. The summed E-state index contributed by atoms with van der Waals surface area (Å²) in [6.45, 7) is 2.00.